The number of imidazole rings is 1. The van der Waals surface area contributed by atoms with Crippen LogP contribution in [-0.2, 0) is 4.57 Å². The van der Waals surface area contributed by atoms with E-state index in [-0.39, 0.29) is 0 Å². The van der Waals surface area contributed by atoms with Gasteiger partial charge in [-0.25, -0.2) is 4.98 Å². The first-order valence-electron chi connectivity index (χ1n) is 13.1. The van der Waals surface area contributed by atoms with E-state index in [9.17, 15) is 0 Å². The molecule has 0 saturated carbocycles. The molecule has 184 valence electrons. The van der Waals surface area contributed by atoms with Crippen LogP contribution in [0.5, 0.6) is 0 Å². The first kappa shape index (κ1) is 22.3. The maximum Gasteiger partial charge on any atom is 0.171 e. The van der Waals surface area contributed by atoms with Gasteiger partial charge >= 0.3 is 0 Å². The predicted molar refractivity (Wildman–Crippen MR) is 165 cm³/mol. The van der Waals surface area contributed by atoms with Gasteiger partial charge in [0.2, 0.25) is 0 Å². The SMILES string of the molecule is O=P(c1ccccc1)(c1ccc2ccccc2c1)c1cccc2c3ccccc3n3c4ccccc4nc3c12. The lowest BCUT2D eigenvalue weighted by atomic mass is 10.1. The number of nitrogens with zero attached hydrogens (tertiary/aromatic N) is 2. The molecule has 1 unspecified atom stereocenters. The van der Waals surface area contributed by atoms with Gasteiger partial charge in [0.15, 0.2) is 7.14 Å². The van der Waals surface area contributed by atoms with Crippen LogP contribution >= 0.6 is 7.14 Å². The second-order valence-electron chi connectivity index (χ2n) is 9.95. The van der Waals surface area contributed by atoms with Crippen molar-refractivity contribution in [1.29, 1.82) is 0 Å². The van der Waals surface area contributed by atoms with Crippen molar-refractivity contribution in [2.24, 2.45) is 0 Å². The van der Waals surface area contributed by atoms with Crippen LogP contribution in [0.15, 0.2) is 140 Å². The number of hydrogen-bond acceptors (Lipinski definition) is 2. The summed E-state index contributed by atoms with van der Waals surface area (Å²) in [6, 6.07) is 47.3. The number of aromatic nitrogens is 2. The Morgan fingerprint density at radius 2 is 1.23 bits per heavy atom. The zero-order valence-corrected chi connectivity index (χ0v) is 21.9. The lowest BCUT2D eigenvalue weighted by molar-refractivity contribution is 0.592. The number of fused-ring (bicyclic) bond motifs is 9. The molecule has 8 aromatic rings. The van der Waals surface area contributed by atoms with Crippen molar-refractivity contribution in [2.75, 3.05) is 0 Å². The van der Waals surface area contributed by atoms with E-state index >= 15 is 4.57 Å². The summed E-state index contributed by atoms with van der Waals surface area (Å²) >= 11 is 0. The second kappa shape index (κ2) is 8.39. The molecule has 4 heteroatoms. The summed E-state index contributed by atoms with van der Waals surface area (Å²) in [6.07, 6.45) is 0. The Balaban J connectivity index is 1.59. The van der Waals surface area contributed by atoms with Crippen LogP contribution in [-0.4, -0.2) is 9.38 Å². The van der Waals surface area contributed by atoms with Crippen LogP contribution in [0, 0.1) is 0 Å². The molecule has 0 spiro atoms. The fraction of sp³-hybridized carbons (Fsp3) is 0. The molecule has 1 atom stereocenters. The lowest BCUT2D eigenvalue weighted by Gasteiger charge is -2.23. The predicted octanol–water partition coefficient (Wildman–Crippen LogP) is 7.59. The molecular weight excluding hydrogens is 495 g/mol. The van der Waals surface area contributed by atoms with Crippen molar-refractivity contribution in [3.05, 3.63) is 140 Å². The van der Waals surface area contributed by atoms with E-state index in [2.05, 4.69) is 65.1 Å². The summed E-state index contributed by atoms with van der Waals surface area (Å²) in [7, 11) is -3.31. The first-order valence-corrected chi connectivity index (χ1v) is 14.8. The molecule has 8 rings (SSSR count). The molecule has 0 amide bonds. The van der Waals surface area contributed by atoms with Crippen molar-refractivity contribution < 1.29 is 4.57 Å². The molecule has 0 aliphatic carbocycles. The third-order valence-corrected chi connectivity index (χ3v) is 10.9. The number of pyridine rings is 1. The minimum Gasteiger partial charge on any atom is -0.309 e. The summed E-state index contributed by atoms with van der Waals surface area (Å²) in [5.41, 5.74) is 3.88. The zero-order valence-electron chi connectivity index (χ0n) is 21.0. The molecule has 0 bridgehead atoms. The maximum absolute atomic E-state index is 15.8. The number of rotatable bonds is 3. The normalized spacial score (nSPS) is 13.4. The molecule has 0 radical (unpaired) electrons. The van der Waals surface area contributed by atoms with Crippen molar-refractivity contribution in [1.82, 2.24) is 9.38 Å². The third kappa shape index (κ3) is 3.17. The lowest BCUT2D eigenvalue weighted by Crippen LogP contribution is -2.26. The number of benzene rings is 6. The Hall–Kier alpha value is -4.72. The van der Waals surface area contributed by atoms with Gasteiger partial charge in [0.1, 0.15) is 5.65 Å². The maximum atomic E-state index is 15.8. The van der Waals surface area contributed by atoms with Crippen molar-refractivity contribution >= 4 is 72.2 Å². The van der Waals surface area contributed by atoms with Gasteiger partial charge in [-0.2, -0.15) is 0 Å². The van der Waals surface area contributed by atoms with E-state index in [1.165, 1.54) is 0 Å². The second-order valence-corrected chi connectivity index (χ2v) is 12.7. The Morgan fingerprint density at radius 3 is 2.10 bits per heavy atom. The molecule has 0 N–H and O–H groups in total. The van der Waals surface area contributed by atoms with Crippen molar-refractivity contribution in [3.8, 4) is 0 Å². The molecule has 3 nitrogen and oxygen atoms in total. The highest BCUT2D eigenvalue weighted by atomic mass is 31.2. The van der Waals surface area contributed by atoms with Crippen LogP contribution in [0.4, 0.5) is 0 Å². The Labute approximate surface area is 225 Å². The van der Waals surface area contributed by atoms with E-state index in [4.69, 9.17) is 4.98 Å². The molecule has 0 saturated heterocycles. The third-order valence-electron chi connectivity index (χ3n) is 7.82. The highest BCUT2D eigenvalue weighted by molar-refractivity contribution is 7.85. The van der Waals surface area contributed by atoms with Crippen molar-refractivity contribution in [3.63, 3.8) is 0 Å². The van der Waals surface area contributed by atoms with E-state index in [0.29, 0.717) is 0 Å². The van der Waals surface area contributed by atoms with Gasteiger partial charge in [-0.1, -0.05) is 115 Å². The molecule has 0 aliphatic heterocycles. The van der Waals surface area contributed by atoms with Gasteiger partial charge in [0.25, 0.3) is 0 Å². The topological polar surface area (TPSA) is 34.4 Å². The molecule has 39 heavy (non-hydrogen) atoms. The average molecular weight is 519 g/mol. The molecule has 2 aromatic heterocycles. The molecule has 0 fully saturated rings. The average Bonchev–Trinajstić information content (AvgIpc) is 3.41. The van der Waals surface area contributed by atoms with E-state index < -0.39 is 7.14 Å². The minimum absolute atomic E-state index is 0.813. The minimum atomic E-state index is -3.31. The summed E-state index contributed by atoms with van der Waals surface area (Å²) < 4.78 is 18.1. The highest BCUT2D eigenvalue weighted by Crippen LogP contribution is 2.46. The Bertz CT molecular complexity index is 2270. The van der Waals surface area contributed by atoms with Gasteiger partial charge < -0.3 is 4.57 Å². The highest BCUT2D eigenvalue weighted by Gasteiger charge is 2.33. The summed E-state index contributed by atoms with van der Waals surface area (Å²) in [6.45, 7) is 0. The number of para-hydroxylation sites is 3. The van der Waals surface area contributed by atoms with Gasteiger partial charge in [0, 0.05) is 26.7 Å². The van der Waals surface area contributed by atoms with Crippen LogP contribution in [0.3, 0.4) is 0 Å². The summed E-state index contributed by atoms with van der Waals surface area (Å²) in [4.78, 5) is 5.15. The summed E-state index contributed by atoms with van der Waals surface area (Å²) in [5.74, 6) is 0. The Morgan fingerprint density at radius 1 is 0.538 bits per heavy atom. The number of hydrogen-bond donors (Lipinski definition) is 0. The van der Waals surface area contributed by atoms with Gasteiger partial charge in [0.05, 0.1) is 16.6 Å². The zero-order chi connectivity index (χ0) is 26.0. The molecular formula is C35H23N2OP. The van der Waals surface area contributed by atoms with E-state index in [1.807, 2.05) is 78.9 Å². The van der Waals surface area contributed by atoms with Crippen LogP contribution in [0.2, 0.25) is 0 Å². The monoisotopic (exact) mass is 518 g/mol. The van der Waals surface area contributed by atoms with E-state index in [0.717, 1.165) is 65.0 Å². The fourth-order valence-electron chi connectivity index (χ4n) is 6.03. The molecule has 2 heterocycles. The largest absolute Gasteiger partial charge is 0.309 e. The van der Waals surface area contributed by atoms with Gasteiger partial charge in [-0.3, -0.25) is 4.40 Å². The first-order chi connectivity index (χ1) is 19.2. The fourth-order valence-corrected chi connectivity index (χ4v) is 8.92. The van der Waals surface area contributed by atoms with Crippen LogP contribution in [0.25, 0.3) is 49.1 Å². The molecule has 6 aromatic carbocycles. The summed E-state index contributed by atoms with van der Waals surface area (Å²) in [5, 5.41) is 7.77. The van der Waals surface area contributed by atoms with Gasteiger partial charge in [-0.15, -0.1) is 0 Å². The van der Waals surface area contributed by atoms with Crippen LogP contribution < -0.4 is 15.9 Å². The standard InChI is InChI=1S/C35H23N2OP/c38-39(26-13-2-1-3-14-26,27-22-21-24-11-4-5-12-25(24)23-27)33-20-10-16-29-28-15-6-8-18-31(28)37-32-19-9-7-17-30(32)36-35(37)34(29)33/h1-23H. The quantitative estimate of drug-likeness (QED) is 0.178. The molecule has 0 aliphatic rings. The Kier molecular flexibility index (Phi) is 4.79. The van der Waals surface area contributed by atoms with Crippen molar-refractivity contribution in [2.45, 2.75) is 0 Å². The van der Waals surface area contributed by atoms with Gasteiger partial charge in [-0.05, 0) is 40.4 Å². The smallest absolute Gasteiger partial charge is 0.171 e. The van der Waals surface area contributed by atoms with Crippen LogP contribution in [0.1, 0.15) is 0 Å². The van der Waals surface area contributed by atoms with E-state index in [1.54, 1.807) is 0 Å².